The van der Waals surface area contributed by atoms with Crippen LogP contribution in [0, 0.1) is 11.7 Å². The number of hydrogen-bond donors (Lipinski definition) is 2. The predicted octanol–water partition coefficient (Wildman–Crippen LogP) is 1.73. The number of methoxy groups -OCH3 is 1. The Morgan fingerprint density at radius 1 is 1.25 bits per heavy atom. The molecule has 3 N–H and O–H groups in total. The van der Waals surface area contributed by atoms with Gasteiger partial charge < -0.3 is 15.8 Å². The number of hydrogen-bond acceptors (Lipinski definition) is 8. The van der Waals surface area contributed by atoms with Gasteiger partial charge in [-0.3, -0.25) is 4.79 Å². The molecule has 1 amide bonds. The van der Waals surface area contributed by atoms with E-state index < -0.39 is 11.7 Å². The number of carbonyl (C=O) groups is 1. The lowest BCUT2D eigenvalue weighted by Crippen LogP contribution is -2.28. The van der Waals surface area contributed by atoms with E-state index in [9.17, 15) is 9.18 Å². The monoisotopic (exact) mass is 440 g/mol. The maximum atomic E-state index is 13.5. The summed E-state index contributed by atoms with van der Waals surface area (Å²) >= 11 is 0. The number of amides is 1. The minimum absolute atomic E-state index is 0.117. The zero-order valence-corrected chi connectivity index (χ0v) is 17.7. The fourth-order valence-corrected chi connectivity index (χ4v) is 3.72. The van der Waals surface area contributed by atoms with Gasteiger partial charge in [0.25, 0.3) is 5.91 Å². The van der Waals surface area contributed by atoms with E-state index in [1.54, 1.807) is 10.9 Å². The second-order valence-corrected chi connectivity index (χ2v) is 7.89. The van der Waals surface area contributed by atoms with Crippen molar-refractivity contribution in [1.82, 2.24) is 35.5 Å². The molecule has 1 aliphatic rings. The third kappa shape index (κ3) is 5.22. The molecule has 0 radical (unpaired) electrons. The summed E-state index contributed by atoms with van der Waals surface area (Å²) in [5, 5.41) is 15.3. The van der Waals surface area contributed by atoms with Gasteiger partial charge in [-0.25, -0.2) is 14.4 Å². The standard InChI is InChI=1S/C21H25FN8O2/c1-32-19-8-14(4-7-16(19)22)10-24-21(31)18-9-17(25-12-26-18)20-27-29-30(28-20)11-13-2-5-15(23)6-3-13/h4,7-9,12-13,15H,2-3,5-6,10-11,23H2,1H3,(H,24,31). The van der Waals surface area contributed by atoms with Crippen LogP contribution in [0.3, 0.4) is 0 Å². The Hall–Kier alpha value is -3.47. The number of nitrogens with two attached hydrogens (primary N) is 1. The average molecular weight is 440 g/mol. The van der Waals surface area contributed by atoms with Gasteiger partial charge in [0.05, 0.1) is 13.7 Å². The molecule has 4 rings (SSSR count). The van der Waals surface area contributed by atoms with Crippen LogP contribution in [0.25, 0.3) is 11.5 Å². The molecule has 1 aliphatic carbocycles. The second-order valence-electron chi connectivity index (χ2n) is 7.89. The lowest BCUT2D eigenvalue weighted by molar-refractivity contribution is 0.0945. The van der Waals surface area contributed by atoms with Crippen LogP contribution in [0.4, 0.5) is 4.39 Å². The van der Waals surface area contributed by atoms with Crippen LogP contribution in [-0.4, -0.2) is 49.2 Å². The Kier molecular flexibility index (Phi) is 6.64. The highest BCUT2D eigenvalue weighted by atomic mass is 19.1. The fourth-order valence-electron chi connectivity index (χ4n) is 3.72. The molecule has 2 heterocycles. The Morgan fingerprint density at radius 3 is 2.84 bits per heavy atom. The minimum atomic E-state index is -0.462. The summed E-state index contributed by atoms with van der Waals surface area (Å²) in [6.07, 6.45) is 5.42. The zero-order valence-electron chi connectivity index (χ0n) is 17.7. The van der Waals surface area contributed by atoms with Gasteiger partial charge in [0, 0.05) is 12.6 Å². The van der Waals surface area contributed by atoms with E-state index in [4.69, 9.17) is 10.5 Å². The number of halogens is 1. The van der Waals surface area contributed by atoms with Crippen molar-refractivity contribution >= 4 is 5.91 Å². The Labute approximate surface area is 184 Å². The maximum Gasteiger partial charge on any atom is 0.270 e. The molecule has 1 saturated carbocycles. The lowest BCUT2D eigenvalue weighted by Gasteiger charge is -2.25. The number of carbonyl (C=O) groups excluding carboxylic acids is 1. The van der Waals surface area contributed by atoms with Crippen molar-refractivity contribution in [2.24, 2.45) is 11.7 Å². The second kappa shape index (κ2) is 9.77. The van der Waals surface area contributed by atoms with Crippen LogP contribution in [-0.2, 0) is 13.1 Å². The minimum Gasteiger partial charge on any atom is -0.494 e. The van der Waals surface area contributed by atoms with E-state index in [-0.39, 0.29) is 18.0 Å². The molecular formula is C21H25FN8O2. The van der Waals surface area contributed by atoms with Crippen LogP contribution in [0.5, 0.6) is 5.75 Å². The van der Waals surface area contributed by atoms with E-state index in [1.165, 1.54) is 31.6 Å². The molecule has 0 atom stereocenters. The van der Waals surface area contributed by atoms with E-state index in [0.29, 0.717) is 35.6 Å². The molecule has 0 unspecified atom stereocenters. The third-order valence-corrected chi connectivity index (χ3v) is 5.56. The van der Waals surface area contributed by atoms with Gasteiger partial charge in [-0.2, -0.15) is 4.80 Å². The van der Waals surface area contributed by atoms with E-state index in [2.05, 4.69) is 30.7 Å². The molecule has 2 aromatic heterocycles. The summed E-state index contributed by atoms with van der Waals surface area (Å²) in [5.74, 6) is 0.0655. The normalized spacial score (nSPS) is 18.3. The maximum absolute atomic E-state index is 13.5. The van der Waals surface area contributed by atoms with Crippen LogP contribution >= 0.6 is 0 Å². The molecule has 10 nitrogen and oxygen atoms in total. The van der Waals surface area contributed by atoms with Crippen molar-refractivity contribution in [3.05, 3.63) is 47.7 Å². The molecule has 1 aromatic carbocycles. The van der Waals surface area contributed by atoms with Crippen LogP contribution in [0.1, 0.15) is 41.7 Å². The van der Waals surface area contributed by atoms with Crippen LogP contribution < -0.4 is 15.8 Å². The number of nitrogens with zero attached hydrogens (tertiary/aromatic N) is 6. The van der Waals surface area contributed by atoms with Crippen molar-refractivity contribution in [3.8, 4) is 17.3 Å². The first-order valence-electron chi connectivity index (χ1n) is 10.5. The number of aromatic nitrogens is 6. The van der Waals surface area contributed by atoms with Crippen molar-refractivity contribution in [2.75, 3.05) is 7.11 Å². The average Bonchev–Trinajstić information content (AvgIpc) is 3.28. The van der Waals surface area contributed by atoms with Crippen molar-refractivity contribution in [3.63, 3.8) is 0 Å². The molecule has 0 saturated heterocycles. The first-order valence-corrected chi connectivity index (χ1v) is 10.5. The smallest absolute Gasteiger partial charge is 0.270 e. The van der Waals surface area contributed by atoms with Crippen molar-refractivity contribution in [2.45, 2.75) is 44.8 Å². The van der Waals surface area contributed by atoms with Crippen molar-refractivity contribution < 1.29 is 13.9 Å². The number of rotatable bonds is 7. The third-order valence-electron chi connectivity index (χ3n) is 5.56. The summed E-state index contributed by atoms with van der Waals surface area (Å²) in [7, 11) is 1.39. The fraction of sp³-hybridized carbons (Fsp3) is 0.429. The zero-order chi connectivity index (χ0) is 22.5. The number of tetrazole rings is 1. The lowest BCUT2D eigenvalue weighted by atomic mass is 9.86. The molecule has 0 bridgehead atoms. The van der Waals surface area contributed by atoms with Gasteiger partial charge in [-0.1, -0.05) is 6.07 Å². The summed E-state index contributed by atoms with van der Waals surface area (Å²) in [6.45, 7) is 0.869. The largest absolute Gasteiger partial charge is 0.494 e. The molecule has 32 heavy (non-hydrogen) atoms. The molecule has 0 aliphatic heterocycles. The topological polar surface area (TPSA) is 134 Å². The SMILES string of the molecule is COc1cc(CNC(=O)c2cc(-c3nnn(CC4CCC(N)CC4)n3)ncn2)ccc1F. The highest BCUT2D eigenvalue weighted by Crippen LogP contribution is 2.24. The highest BCUT2D eigenvalue weighted by molar-refractivity contribution is 5.92. The summed E-state index contributed by atoms with van der Waals surface area (Å²) in [4.78, 5) is 22.3. The van der Waals surface area contributed by atoms with Crippen molar-refractivity contribution in [1.29, 1.82) is 0 Å². The van der Waals surface area contributed by atoms with Gasteiger partial charge >= 0.3 is 0 Å². The van der Waals surface area contributed by atoms with Gasteiger partial charge in [0.15, 0.2) is 11.6 Å². The molecule has 3 aromatic rings. The first kappa shape index (κ1) is 21.8. The Morgan fingerprint density at radius 2 is 2.06 bits per heavy atom. The molecule has 0 spiro atoms. The predicted molar refractivity (Wildman–Crippen MR) is 113 cm³/mol. The number of benzene rings is 1. The highest BCUT2D eigenvalue weighted by Gasteiger charge is 2.20. The Bertz CT molecular complexity index is 1080. The van der Waals surface area contributed by atoms with Gasteiger partial charge in [0.1, 0.15) is 17.7 Å². The summed E-state index contributed by atoms with van der Waals surface area (Å²) in [5.41, 5.74) is 7.23. The Balaban J connectivity index is 1.39. The summed E-state index contributed by atoms with van der Waals surface area (Å²) in [6, 6.07) is 6.21. The van der Waals surface area contributed by atoms with Gasteiger partial charge in [0.2, 0.25) is 5.82 Å². The van der Waals surface area contributed by atoms with E-state index in [1.807, 2.05) is 0 Å². The molecule has 11 heteroatoms. The van der Waals surface area contributed by atoms with Crippen LogP contribution in [0.15, 0.2) is 30.6 Å². The van der Waals surface area contributed by atoms with Gasteiger partial charge in [-0.05, 0) is 60.6 Å². The van der Waals surface area contributed by atoms with Crippen LogP contribution in [0.2, 0.25) is 0 Å². The molecular weight excluding hydrogens is 415 g/mol. The molecule has 168 valence electrons. The van der Waals surface area contributed by atoms with Gasteiger partial charge in [-0.15, -0.1) is 10.2 Å². The van der Waals surface area contributed by atoms with E-state index in [0.717, 1.165) is 25.7 Å². The number of ether oxygens (including phenoxy) is 1. The quantitative estimate of drug-likeness (QED) is 0.567. The molecule has 1 fully saturated rings. The summed E-state index contributed by atoms with van der Waals surface area (Å²) < 4.78 is 18.5. The number of nitrogens with one attached hydrogen (secondary N) is 1. The first-order chi connectivity index (χ1) is 15.5. The van der Waals surface area contributed by atoms with E-state index >= 15 is 0 Å².